The van der Waals surface area contributed by atoms with Gasteiger partial charge in [0.05, 0.1) is 11.2 Å². The van der Waals surface area contributed by atoms with Crippen molar-refractivity contribution < 1.29 is 13.9 Å². The zero-order valence-electron chi connectivity index (χ0n) is 13.3. The highest BCUT2D eigenvalue weighted by molar-refractivity contribution is 7.71. The van der Waals surface area contributed by atoms with Gasteiger partial charge in [0.25, 0.3) is 0 Å². The summed E-state index contributed by atoms with van der Waals surface area (Å²) < 4.78 is 25.5. The molecule has 1 aliphatic heterocycles. The van der Waals surface area contributed by atoms with Crippen LogP contribution in [0.1, 0.15) is 17.0 Å². The fourth-order valence-corrected chi connectivity index (χ4v) is 3.00. The van der Waals surface area contributed by atoms with Gasteiger partial charge in [-0.25, -0.2) is 4.39 Å². The number of hydrogen-bond acceptors (Lipinski definition) is 5. The van der Waals surface area contributed by atoms with Crippen LogP contribution in [0.15, 0.2) is 41.5 Å². The maximum absolute atomic E-state index is 13.0. The number of rotatable bonds is 4. The van der Waals surface area contributed by atoms with Gasteiger partial charge in [0.2, 0.25) is 11.6 Å². The van der Waals surface area contributed by atoms with E-state index >= 15 is 0 Å². The number of aromatic nitrogens is 3. The van der Waals surface area contributed by atoms with Gasteiger partial charge in [-0.05, 0) is 47.6 Å². The lowest BCUT2D eigenvalue weighted by Gasteiger charge is -2.03. The molecule has 1 N–H and O–H groups in total. The van der Waals surface area contributed by atoms with Gasteiger partial charge in [0.15, 0.2) is 17.3 Å². The lowest BCUT2D eigenvalue weighted by Crippen LogP contribution is -2.00. The number of nitrogens with one attached hydrogen (secondary N) is 1. The van der Waals surface area contributed by atoms with E-state index < -0.39 is 0 Å². The summed E-state index contributed by atoms with van der Waals surface area (Å²) in [6.45, 7) is 0.143. The molecule has 6 nitrogen and oxygen atoms in total. The summed E-state index contributed by atoms with van der Waals surface area (Å²) in [5, 5.41) is 11.7. The van der Waals surface area contributed by atoms with E-state index in [4.69, 9.17) is 33.3 Å². The molecule has 26 heavy (non-hydrogen) atoms. The second-order valence-corrected chi connectivity index (χ2v) is 6.34. The van der Waals surface area contributed by atoms with Crippen molar-refractivity contribution in [2.24, 2.45) is 5.10 Å². The summed E-state index contributed by atoms with van der Waals surface area (Å²) in [5.74, 6) is 1.41. The third-order valence-corrected chi connectivity index (χ3v) is 4.31. The predicted octanol–water partition coefficient (Wildman–Crippen LogP) is 3.93. The number of H-pyrrole nitrogens is 1. The van der Waals surface area contributed by atoms with Crippen molar-refractivity contribution in [1.82, 2.24) is 14.9 Å². The monoisotopic (exact) mass is 390 g/mol. The molecule has 9 heteroatoms. The molecule has 132 valence electrons. The molecule has 3 aromatic rings. The van der Waals surface area contributed by atoms with E-state index in [0.29, 0.717) is 33.5 Å². The molecule has 0 aliphatic carbocycles. The molecule has 0 saturated heterocycles. The van der Waals surface area contributed by atoms with Crippen molar-refractivity contribution in [2.45, 2.75) is 6.42 Å². The van der Waals surface area contributed by atoms with Crippen molar-refractivity contribution in [3.05, 3.63) is 69.0 Å². The van der Waals surface area contributed by atoms with Gasteiger partial charge in [-0.3, -0.25) is 5.10 Å². The summed E-state index contributed by atoms with van der Waals surface area (Å²) in [6.07, 6.45) is 2.06. The lowest BCUT2D eigenvalue weighted by molar-refractivity contribution is 0.174. The Morgan fingerprint density at radius 2 is 2.12 bits per heavy atom. The summed E-state index contributed by atoms with van der Waals surface area (Å²) in [7, 11) is 0. The van der Waals surface area contributed by atoms with Gasteiger partial charge in [-0.15, -0.1) is 0 Å². The molecular weight excluding hydrogens is 379 g/mol. The molecule has 2 aromatic carbocycles. The van der Waals surface area contributed by atoms with Crippen molar-refractivity contribution in [2.75, 3.05) is 6.79 Å². The first-order chi connectivity index (χ1) is 12.6. The van der Waals surface area contributed by atoms with Crippen LogP contribution in [0, 0.1) is 10.6 Å². The Hall–Kier alpha value is -2.71. The van der Waals surface area contributed by atoms with Crippen molar-refractivity contribution in [3.63, 3.8) is 0 Å². The van der Waals surface area contributed by atoms with Gasteiger partial charge < -0.3 is 9.47 Å². The van der Waals surface area contributed by atoms with Gasteiger partial charge in [-0.1, -0.05) is 23.7 Å². The average molecular weight is 391 g/mol. The number of ether oxygens (including phenoxy) is 2. The molecule has 0 spiro atoms. The van der Waals surface area contributed by atoms with Crippen LogP contribution in [0.3, 0.4) is 0 Å². The van der Waals surface area contributed by atoms with Crippen LogP contribution in [0.2, 0.25) is 5.02 Å². The SMILES string of the molecule is Fc1ccc(Cc2n[nH]c(=S)n2/N=C\c2cc(Cl)c3c(c2)OCO3)cc1. The minimum Gasteiger partial charge on any atom is -0.454 e. The molecular formula is C17H12ClFN4O2S. The number of halogens is 2. The molecule has 0 unspecified atom stereocenters. The molecule has 0 atom stereocenters. The summed E-state index contributed by atoms with van der Waals surface area (Å²) in [4.78, 5) is 0. The second-order valence-electron chi connectivity index (χ2n) is 5.54. The number of nitrogens with zero attached hydrogens (tertiary/aromatic N) is 3. The normalized spacial score (nSPS) is 12.8. The first kappa shape index (κ1) is 16.7. The quantitative estimate of drug-likeness (QED) is 0.541. The van der Waals surface area contributed by atoms with Crippen LogP contribution < -0.4 is 9.47 Å². The third kappa shape index (κ3) is 3.33. The molecule has 0 saturated carbocycles. The standard InChI is InChI=1S/C17H12ClFN4O2S/c18-13-5-11(6-14-16(13)25-9-24-14)8-20-23-15(21-22-17(23)26)7-10-1-3-12(19)4-2-10/h1-6,8H,7,9H2,(H,22,26)/b20-8-. The number of hydrogen-bond donors (Lipinski definition) is 1. The maximum Gasteiger partial charge on any atom is 0.231 e. The Morgan fingerprint density at radius 1 is 1.31 bits per heavy atom. The minimum atomic E-state index is -0.287. The smallest absolute Gasteiger partial charge is 0.231 e. The van der Waals surface area contributed by atoms with E-state index in [2.05, 4.69) is 15.3 Å². The van der Waals surface area contributed by atoms with Crippen LogP contribution >= 0.6 is 23.8 Å². The van der Waals surface area contributed by atoms with Crippen LogP contribution in [0.4, 0.5) is 4.39 Å². The molecule has 0 radical (unpaired) electrons. The molecule has 0 amide bonds. The van der Waals surface area contributed by atoms with E-state index in [1.54, 1.807) is 30.5 Å². The Morgan fingerprint density at radius 3 is 2.92 bits per heavy atom. The largest absolute Gasteiger partial charge is 0.454 e. The highest BCUT2D eigenvalue weighted by Crippen LogP contribution is 2.39. The van der Waals surface area contributed by atoms with Crippen molar-refractivity contribution in [1.29, 1.82) is 0 Å². The van der Waals surface area contributed by atoms with E-state index in [-0.39, 0.29) is 12.6 Å². The second kappa shape index (κ2) is 6.89. The topological polar surface area (TPSA) is 64.4 Å². The van der Waals surface area contributed by atoms with E-state index in [1.807, 2.05) is 0 Å². The highest BCUT2D eigenvalue weighted by Gasteiger charge is 2.17. The molecule has 0 bridgehead atoms. The maximum atomic E-state index is 13.0. The van der Waals surface area contributed by atoms with Gasteiger partial charge in [0.1, 0.15) is 5.82 Å². The average Bonchev–Trinajstić information content (AvgIpc) is 3.23. The van der Waals surface area contributed by atoms with E-state index in [0.717, 1.165) is 11.1 Å². The van der Waals surface area contributed by atoms with Gasteiger partial charge in [-0.2, -0.15) is 14.9 Å². The molecule has 4 rings (SSSR count). The Balaban J connectivity index is 1.61. The fraction of sp³-hybridized carbons (Fsp3) is 0.118. The number of aromatic amines is 1. The van der Waals surface area contributed by atoms with Crippen molar-refractivity contribution in [3.8, 4) is 11.5 Å². The van der Waals surface area contributed by atoms with Gasteiger partial charge >= 0.3 is 0 Å². The van der Waals surface area contributed by atoms with Crippen LogP contribution in [-0.4, -0.2) is 27.9 Å². The Kier molecular flexibility index (Phi) is 4.44. The van der Waals surface area contributed by atoms with E-state index in [1.165, 1.54) is 16.8 Å². The first-order valence-electron chi connectivity index (χ1n) is 7.64. The zero-order valence-corrected chi connectivity index (χ0v) is 14.9. The van der Waals surface area contributed by atoms with E-state index in [9.17, 15) is 4.39 Å². The predicted molar refractivity (Wildman–Crippen MR) is 97.2 cm³/mol. The van der Waals surface area contributed by atoms with Crippen molar-refractivity contribution >= 4 is 30.0 Å². The molecule has 1 aliphatic rings. The zero-order chi connectivity index (χ0) is 18.1. The summed E-state index contributed by atoms with van der Waals surface area (Å²) >= 11 is 11.4. The molecule has 2 heterocycles. The number of benzene rings is 2. The highest BCUT2D eigenvalue weighted by atomic mass is 35.5. The molecule has 1 aromatic heterocycles. The summed E-state index contributed by atoms with van der Waals surface area (Å²) in [5.41, 5.74) is 1.62. The van der Waals surface area contributed by atoms with Gasteiger partial charge in [0, 0.05) is 6.42 Å². The third-order valence-electron chi connectivity index (χ3n) is 3.76. The van der Waals surface area contributed by atoms with Crippen LogP contribution in [0.25, 0.3) is 0 Å². The Bertz CT molecular complexity index is 1050. The summed E-state index contributed by atoms with van der Waals surface area (Å²) in [6, 6.07) is 9.69. The lowest BCUT2D eigenvalue weighted by atomic mass is 10.1. The van der Waals surface area contributed by atoms with Crippen LogP contribution in [0.5, 0.6) is 11.5 Å². The molecule has 0 fully saturated rings. The fourth-order valence-electron chi connectivity index (χ4n) is 2.53. The van der Waals surface area contributed by atoms with Crippen LogP contribution in [-0.2, 0) is 6.42 Å². The Labute approximate surface area is 157 Å². The first-order valence-corrected chi connectivity index (χ1v) is 8.43. The number of fused-ring (bicyclic) bond motifs is 1. The minimum absolute atomic E-state index is 0.143.